The van der Waals surface area contributed by atoms with Crippen LogP contribution >= 0.6 is 11.6 Å². The van der Waals surface area contributed by atoms with Gasteiger partial charge in [0, 0.05) is 35.7 Å². The van der Waals surface area contributed by atoms with Gasteiger partial charge in [0.15, 0.2) is 0 Å². The van der Waals surface area contributed by atoms with E-state index in [0.717, 1.165) is 23.7 Å². The Bertz CT molecular complexity index is 905. The van der Waals surface area contributed by atoms with Crippen LogP contribution in [-0.4, -0.2) is 48.4 Å². The number of rotatable bonds is 5. The number of H-pyrrole nitrogens is 1. The van der Waals surface area contributed by atoms with Gasteiger partial charge in [-0.05, 0) is 70.2 Å². The summed E-state index contributed by atoms with van der Waals surface area (Å²) in [6, 6.07) is 6.78. The van der Waals surface area contributed by atoms with E-state index in [9.17, 15) is 9.59 Å². The summed E-state index contributed by atoms with van der Waals surface area (Å²) in [5.74, 6) is 0.104. The topological polar surface area (TPSA) is 92.5 Å². The molecule has 0 spiro atoms. The predicted octanol–water partition coefficient (Wildman–Crippen LogP) is 4.26. The molecule has 2 aromatic rings. The Hall–Kier alpha value is -2.25. The van der Waals surface area contributed by atoms with Crippen LogP contribution in [0.2, 0.25) is 5.02 Å². The van der Waals surface area contributed by atoms with Crippen LogP contribution < -0.4 is 10.6 Å². The Morgan fingerprint density at radius 1 is 1.17 bits per heavy atom. The zero-order chi connectivity index (χ0) is 21.9. The van der Waals surface area contributed by atoms with E-state index in [1.165, 1.54) is 0 Å². The molecule has 164 valence electrons. The van der Waals surface area contributed by atoms with Crippen molar-refractivity contribution in [2.75, 3.05) is 13.7 Å². The van der Waals surface area contributed by atoms with Crippen molar-refractivity contribution in [2.45, 2.75) is 57.7 Å². The molecule has 3 atom stereocenters. The molecule has 1 aromatic heterocycles. The van der Waals surface area contributed by atoms with Gasteiger partial charge in [-0.15, -0.1) is 0 Å². The number of nitrogens with one attached hydrogen (secondary N) is 3. The van der Waals surface area contributed by atoms with E-state index < -0.39 is 11.7 Å². The lowest BCUT2D eigenvalue weighted by atomic mass is 9.82. The van der Waals surface area contributed by atoms with Crippen molar-refractivity contribution in [1.82, 2.24) is 15.6 Å². The van der Waals surface area contributed by atoms with Crippen LogP contribution in [-0.2, 0) is 9.47 Å². The molecule has 0 saturated heterocycles. The highest BCUT2D eigenvalue weighted by molar-refractivity contribution is 6.31. The molecule has 7 nitrogen and oxygen atoms in total. The molecule has 30 heavy (non-hydrogen) atoms. The molecule has 8 heteroatoms. The van der Waals surface area contributed by atoms with Gasteiger partial charge in [0.1, 0.15) is 11.3 Å². The lowest BCUT2D eigenvalue weighted by Gasteiger charge is -2.37. The van der Waals surface area contributed by atoms with E-state index in [0.29, 0.717) is 29.7 Å². The van der Waals surface area contributed by atoms with Crippen molar-refractivity contribution in [1.29, 1.82) is 0 Å². The molecule has 0 aliphatic heterocycles. The SMILES string of the molecule is COC[C@H]1CC[C@H](NC(=O)c2cc3cc(Cl)ccc3[nH]2)[C@H](NC(=O)OC(C)(C)C)C1. The van der Waals surface area contributed by atoms with Crippen LogP contribution in [0.1, 0.15) is 50.5 Å². The number of halogens is 1. The van der Waals surface area contributed by atoms with Crippen LogP contribution in [0.15, 0.2) is 24.3 Å². The summed E-state index contributed by atoms with van der Waals surface area (Å²) in [5, 5.41) is 7.52. The average molecular weight is 436 g/mol. The number of carbonyl (C=O) groups is 2. The van der Waals surface area contributed by atoms with Gasteiger partial charge < -0.3 is 25.1 Å². The van der Waals surface area contributed by atoms with Crippen LogP contribution in [0.3, 0.4) is 0 Å². The normalized spacial score (nSPS) is 22.0. The summed E-state index contributed by atoms with van der Waals surface area (Å²) in [7, 11) is 1.67. The molecule has 3 N–H and O–H groups in total. The van der Waals surface area contributed by atoms with E-state index in [2.05, 4.69) is 15.6 Å². The molecular weight excluding hydrogens is 406 g/mol. The zero-order valence-electron chi connectivity index (χ0n) is 17.9. The highest BCUT2D eigenvalue weighted by atomic mass is 35.5. The molecule has 2 amide bonds. The number of aromatic amines is 1. The standard InChI is InChI=1S/C22H30ClN3O4/c1-22(2,3)30-21(28)26-18-9-13(12-29-4)5-7-17(18)25-20(27)19-11-14-10-15(23)6-8-16(14)24-19/h6,8,10-11,13,17-18,24H,5,7,9,12H2,1-4H3,(H,25,27)(H,26,28)/t13-,17-,18+/m0/s1. The van der Waals surface area contributed by atoms with Gasteiger partial charge in [0.25, 0.3) is 5.91 Å². The van der Waals surface area contributed by atoms with Crippen molar-refractivity contribution in [3.05, 3.63) is 35.0 Å². The number of aromatic nitrogens is 1. The largest absolute Gasteiger partial charge is 0.444 e. The van der Waals surface area contributed by atoms with Crippen LogP contribution in [0.25, 0.3) is 10.9 Å². The number of hydrogen-bond acceptors (Lipinski definition) is 4. The lowest BCUT2D eigenvalue weighted by Crippen LogP contribution is -2.55. The van der Waals surface area contributed by atoms with Crippen molar-refractivity contribution >= 4 is 34.5 Å². The molecule has 0 bridgehead atoms. The second-order valence-electron chi connectivity index (χ2n) is 8.88. The number of ether oxygens (including phenoxy) is 2. The summed E-state index contributed by atoms with van der Waals surface area (Å²) >= 11 is 6.04. The summed E-state index contributed by atoms with van der Waals surface area (Å²) in [6.45, 7) is 6.09. The summed E-state index contributed by atoms with van der Waals surface area (Å²) in [4.78, 5) is 28.4. The first-order chi connectivity index (χ1) is 14.1. The monoisotopic (exact) mass is 435 g/mol. The van der Waals surface area contributed by atoms with Gasteiger partial charge in [-0.1, -0.05) is 11.6 Å². The van der Waals surface area contributed by atoms with E-state index in [4.69, 9.17) is 21.1 Å². The molecule has 1 saturated carbocycles. The number of methoxy groups -OCH3 is 1. The molecule has 0 unspecified atom stereocenters. The molecule has 1 fully saturated rings. The maximum Gasteiger partial charge on any atom is 0.407 e. The van der Waals surface area contributed by atoms with Gasteiger partial charge >= 0.3 is 6.09 Å². The highest BCUT2D eigenvalue weighted by Gasteiger charge is 2.34. The Morgan fingerprint density at radius 2 is 1.93 bits per heavy atom. The van der Waals surface area contributed by atoms with Crippen molar-refractivity contribution in [3.63, 3.8) is 0 Å². The van der Waals surface area contributed by atoms with Gasteiger partial charge in [-0.25, -0.2) is 4.79 Å². The van der Waals surface area contributed by atoms with Gasteiger partial charge in [0.2, 0.25) is 0 Å². The van der Waals surface area contributed by atoms with E-state index in [1.54, 1.807) is 19.2 Å². The molecule has 1 aliphatic rings. The number of carbonyl (C=O) groups excluding carboxylic acids is 2. The Balaban J connectivity index is 1.71. The molecule has 1 heterocycles. The van der Waals surface area contributed by atoms with Crippen LogP contribution in [0.4, 0.5) is 4.79 Å². The number of alkyl carbamates (subject to hydrolysis) is 1. The number of amides is 2. The maximum atomic E-state index is 12.9. The Kier molecular flexibility index (Phi) is 6.93. The third-order valence-electron chi connectivity index (χ3n) is 5.21. The maximum absolute atomic E-state index is 12.9. The zero-order valence-corrected chi connectivity index (χ0v) is 18.6. The van der Waals surface area contributed by atoms with Gasteiger partial charge in [-0.2, -0.15) is 0 Å². The van der Waals surface area contributed by atoms with Crippen molar-refractivity contribution < 1.29 is 19.1 Å². The number of benzene rings is 1. The number of fused-ring (bicyclic) bond motifs is 1. The fourth-order valence-corrected chi connectivity index (χ4v) is 4.09. The van der Waals surface area contributed by atoms with E-state index in [1.807, 2.05) is 32.9 Å². The minimum atomic E-state index is -0.588. The fourth-order valence-electron chi connectivity index (χ4n) is 3.91. The van der Waals surface area contributed by atoms with Gasteiger partial charge in [0.05, 0.1) is 6.04 Å². The second-order valence-corrected chi connectivity index (χ2v) is 9.32. The minimum Gasteiger partial charge on any atom is -0.444 e. The summed E-state index contributed by atoms with van der Waals surface area (Å²) < 4.78 is 10.7. The lowest BCUT2D eigenvalue weighted by molar-refractivity contribution is 0.0436. The summed E-state index contributed by atoms with van der Waals surface area (Å²) in [5.41, 5.74) is 0.716. The second kappa shape index (κ2) is 9.27. The molecule has 3 rings (SSSR count). The Labute approximate surface area is 181 Å². The first kappa shape index (κ1) is 22.4. The van der Waals surface area contributed by atoms with Crippen molar-refractivity contribution in [2.24, 2.45) is 5.92 Å². The predicted molar refractivity (Wildman–Crippen MR) is 117 cm³/mol. The highest BCUT2D eigenvalue weighted by Crippen LogP contribution is 2.26. The summed E-state index contributed by atoms with van der Waals surface area (Å²) in [6.07, 6.45) is 1.88. The Morgan fingerprint density at radius 3 is 2.63 bits per heavy atom. The third kappa shape index (κ3) is 5.89. The molecule has 1 aliphatic carbocycles. The first-order valence-electron chi connectivity index (χ1n) is 10.2. The number of hydrogen-bond donors (Lipinski definition) is 3. The van der Waals surface area contributed by atoms with Gasteiger partial charge in [-0.3, -0.25) is 4.79 Å². The fraction of sp³-hybridized carbons (Fsp3) is 0.545. The molecular formula is C22H30ClN3O4. The first-order valence-corrected chi connectivity index (χ1v) is 10.6. The quantitative estimate of drug-likeness (QED) is 0.654. The van der Waals surface area contributed by atoms with E-state index in [-0.39, 0.29) is 18.0 Å². The minimum absolute atomic E-state index is 0.201. The average Bonchev–Trinajstić information content (AvgIpc) is 3.05. The van der Waals surface area contributed by atoms with Crippen LogP contribution in [0.5, 0.6) is 0 Å². The third-order valence-corrected chi connectivity index (χ3v) is 5.44. The molecule has 0 radical (unpaired) electrons. The van der Waals surface area contributed by atoms with Crippen molar-refractivity contribution in [3.8, 4) is 0 Å². The smallest absolute Gasteiger partial charge is 0.407 e. The van der Waals surface area contributed by atoms with Crippen LogP contribution in [0, 0.1) is 5.92 Å². The molecule has 1 aromatic carbocycles. The van der Waals surface area contributed by atoms with E-state index >= 15 is 0 Å².